The summed E-state index contributed by atoms with van der Waals surface area (Å²) in [7, 11) is 0. The molecule has 9 heteroatoms. The van der Waals surface area contributed by atoms with E-state index in [9.17, 15) is 19.2 Å². The molecule has 3 amide bonds. The molecule has 0 saturated carbocycles. The Morgan fingerprint density at radius 3 is 2.43 bits per heavy atom. The summed E-state index contributed by atoms with van der Waals surface area (Å²) >= 11 is 1.57. The molecular weight excluding hydrogens is 382 g/mol. The van der Waals surface area contributed by atoms with Crippen LogP contribution < -0.4 is 10.6 Å². The van der Waals surface area contributed by atoms with Crippen LogP contribution in [0.1, 0.15) is 33.6 Å². The van der Waals surface area contributed by atoms with E-state index in [2.05, 4.69) is 10.6 Å². The van der Waals surface area contributed by atoms with Crippen molar-refractivity contribution in [3.05, 3.63) is 24.3 Å². The molecule has 0 spiro atoms. The summed E-state index contributed by atoms with van der Waals surface area (Å²) in [6.45, 7) is 4.86. The number of hydrogen-bond acceptors (Lipinski definition) is 6. The van der Waals surface area contributed by atoms with E-state index in [0.29, 0.717) is 30.0 Å². The number of hydrogen-bond donors (Lipinski definition) is 2. The molecule has 8 nitrogen and oxygen atoms in total. The summed E-state index contributed by atoms with van der Waals surface area (Å²) in [6, 6.07) is 5.93. The summed E-state index contributed by atoms with van der Waals surface area (Å²) in [6.07, 6.45) is 0.139. The van der Waals surface area contributed by atoms with E-state index < -0.39 is 24.0 Å². The molecular formula is C19H23N3O5S. The van der Waals surface area contributed by atoms with Gasteiger partial charge in [-0.15, -0.1) is 11.8 Å². The van der Waals surface area contributed by atoms with Crippen LogP contribution in [0.4, 0.5) is 11.4 Å². The number of carbonyl (C=O) groups excluding carboxylic acids is 4. The molecule has 0 aromatic heterocycles. The van der Waals surface area contributed by atoms with E-state index in [-0.39, 0.29) is 16.7 Å². The van der Waals surface area contributed by atoms with Crippen molar-refractivity contribution in [1.29, 1.82) is 0 Å². The number of thioether (sulfide) groups is 1. The highest BCUT2D eigenvalue weighted by molar-refractivity contribution is 8.01. The molecule has 0 radical (unpaired) electrons. The zero-order valence-electron chi connectivity index (χ0n) is 16.0. The Labute approximate surface area is 167 Å². The van der Waals surface area contributed by atoms with Gasteiger partial charge in [0.15, 0.2) is 6.10 Å². The lowest BCUT2D eigenvalue weighted by Crippen LogP contribution is -2.48. The minimum atomic E-state index is -1.00. The fourth-order valence-corrected chi connectivity index (χ4v) is 4.80. The van der Waals surface area contributed by atoms with E-state index in [4.69, 9.17) is 4.74 Å². The molecule has 150 valence electrons. The smallest absolute Gasteiger partial charge is 0.330 e. The Kier molecular flexibility index (Phi) is 5.64. The normalized spacial score (nSPS) is 24.5. The molecule has 0 unspecified atom stereocenters. The molecule has 2 aliphatic heterocycles. The molecule has 0 aliphatic carbocycles. The Morgan fingerprint density at radius 1 is 1.21 bits per heavy atom. The Hall–Kier alpha value is -2.55. The Morgan fingerprint density at radius 2 is 1.82 bits per heavy atom. The second-order valence-corrected chi connectivity index (χ2v) is 8.59. The lowest BCUT2D eigenvalue weighted by Gasteiger charge is -2.29. The number of benzene rings is 1. The first-order valence-corrected chi connectivity index (χ1v) is 10.0. The van der Waals surface area contributed by atoms with Crippen molar-refractivity contribution in [3.8, 4) is 0 Å². The Balaban J connectivity index is 1.56. The van der Waals surface area contributed by atoms with Crippen molar-refractivity contribution < 1.29 is 23.9 Å². The lowest BCUT2D eigenvalue weighted by molar-refractivity contribution is -0.160. The largest absolute Gasteiger partial charge is 0.451 e. The molecule has 1 aromatic rings. The van der Waals surface area contributed by atoms with E-state index in [1.54, 1.807) is 40.9 Å². The number of nitrogens with zero attached hydrogens (tertiary/aromatic N) is 1. The minimum Gasteiger partial charge on any atom is -0.451 e. The van der Waals surface area contributed by atoms with E-state index in [0.717, 1.165) is 0 Å². The number of fused-ring (bicyclic) bond motifs is 1. The second kappa shape index (κ2) is 7.83. The first kappa shape index (κ1) is 20.2. The molecule has 3 rings (SSSR count). The van der Waals surface area contributed by atoms with Crippen LogP contribution in [-0.4, -0.2) is 51.4 Å². The number of carbonyl (C=O) groups is 4. The third-order valence-corrected chi connectivity index (χ3v) is 6.36. The van der Waals surface area contributed by atoms with Crippen molar-refractivity contribution in [1.82, 2.24) is 4.90 Å². The van der Waals surface area contributed by atoms with Crippen molar-refractivity contribution in [2.75, 3.05) is 16.4 Å². The van der Waals surface area contributed by atoms with Gasteiger partial charge in [0.05, 0.1) is 4.87 Å². The summed E-state index contributed by atoms with van der Waals surface area (Å²) in [5, 5.41) is 5.30. The first-order valence-electron chi connectivity index (χ1n) is 9.05. The maximum Gasteiger partial charge on any atom is 0.330 e. The highest BCUT2D eigenvalue weighted by atomic mass is 32.2. The predicted octanol–water partition coefficient (Wildman–Crippen LogP) is 1.97. The number of amides is 3. The predicted molar refractivity (Wildman–Crippen MR) is 106 cm³/mol. The van der Waals surface area contributed by atoms with Crippen molar-refractivity contribution >= 4 is 46.8 Å². The highest BCUT2D eigenvalue weighted by Gasteiger charge is 2.53. The molecule has 28 heavy (non-hydrogen) atoms. The zero-order valence-corrected chi connectivity index (χ0v) is 16.8. The van der Waals surface area contributed by atoms with E-state index in [1.165, 1.54) is 13.8 Å². The van der Waals surface area contributed by atoms with Crippen LogP contribution in [0.5, 0.6) is 0 Å². The number of nitrogens with one attached hydrogen (secondary N) is 2. The average Bonchev–Trinajstić information content (AvgIpc) is 3.12. The molecule has 0 bridgehead atoms. The fraction of sp³-hybridized carbons (Fsp3) is 0.474. The number of anilines is 2. The van der Waals surface area contributed by atoms with Crippen LogP contribution in [0.25, 0.3) is 0 Å². The van der Waals surface area contributed by atoms with Gasteiger partial charge >= 0.3 is 5.97 Å². The number of ether oxygens (including phenoxy) is 1. The van der Waals surface area contributed by atoms with Crippen LogP contribution in [0.3, 0.4) is 0 Å². The fourth-order valence-electron chi connectivity index (χ4n) is 3.39. The molecule has 2 N–H and O–H groups in total. The first-order chi connectivity index (χ1) is 13.2. The highest BCUT2D eigenvalue weighted by Crippen LogP contribution is 2.47. The van der Waals surface area contributed by atoms with Gasteiger partial charge in [0, 0.05) is 30.5 Å². The van der Waals surface area contributed by atoms with Crippen LogP contribution in [0, 0.1) is 0 Å². The van der Waals surface area contributed by atoms with Crippen LogP contribution in [0.2, 0.25) is 0 Å². The van der Waals surface area contributed by atoms with Crippen molar-refractivity contribution in [3.63, 3.8) is 0 Å². The quantitative estimate of drug-likeness (QED) is 0.726. The van der Waals surface area contributed by atoms with Crippen LogP contribution in [0.15, 0.2) is 24.3 Å². The van der Waals surface area contributed by atoms with Gasteiger partial charge in [0.2, 0.25) is 11.8 Å². The van der Waals surface area contributed by atoms with Gasteiger partial charge in [-0.25, -0.2) is 4.79 Å². The average molecular weight is 405 g/mol. The summed E-state index contributed by atoms with van der Waals surface area (Å²) < 4.78 is 5.33. The van der Waals surface area contributed by atoms with Gasteiger partial charge in [-0.2, -0.15) is 0 Å². The Bertz CT molecular complexity index is 812. The molecule has 2 heterocycles. The third-order valence-electron chi connectivity index (χ3n) is 4.85. The maximum absolute atomic E-state index is 12.5. The standard InChI is InChI=1S/C19H23N3O5S/c1-11(17(25)21-14-6-4-13(5-7-14)20-12(2)23)27-18(26)15-10-28-19(3)9-8-16(24)22(15)19/h4-7,11,15H,8-10H2,1-3H3,(H,20,23)(H,21,25)/t11-,15+,19-/m0/s1. The second-order valence-electron chi connectivity index (χ2n) is 7.09. The van der Waals surface area contributed by atoms with Gasteiger partial charge in [-0.3, -0.25) is 14.4 Å². The molecule has 1 aromatic carbocycles. The molecule has 2 aliphatic rings. The van der Waals surface area contributed by atoms with Crippen molar-refractivity contribution in [2.45, 2.75) is 50.6 Å². The van der Waals surface area contributed by atoms with Crippen LogP contribution in [-0.2, 0) is 23.9 Å². The third kappa shape index (κ3) is 4.14. The number of rotatable bonds is 5. The topological polar surface area (TPSA) is 105 Å². The van der Waals surface area contributed by atoms with E-state index in [1.807, 2.05) is 6.92 Å². The summed E-state index contributed by atoms with van der Waals surface area (Å²) in [5.74, 6) is -0.794. The lowest BCUT2D eigenvalue weighted by atomic mass is 10.2. The van der Waals surface area contributed by atoms with Gasteiger partial charge in [0.1, 0.15) is 6.04 Å². The van der Waals surface area contributed by atoms with Crippen molar-refractivity contribution in [2.24, 2.45) is 0 Å². The number of esters is 1. The molecule has 3 atom stereocenters. The zero-order chi connectivity index (χ0) is 20.5. The SMILES string of the molecule is CC(=O)Nc1ccc(NC(=O)[C@H](C)OC(=O)[C@H]2CS[C@@]3(C)CCC(=O)N23)cc1. The molecule has 2 saturated heterocycles. The van der Waals surface area contributed by atoms with Crippen LogP contribution >= 0.6 is 11.8 Å². The summed E-state index contributed by atoms with van der Waals surface area (Å²) in [5.41, 5.74) is 1.13. The maximum atomic E-state index is 12.5. The van der Waals surface area contributed by atoms with Gasteiger partial charge in [-0.05, 0) is 44.5 Å². The minimum absolute atomic E-state index is 0.0502. The van der Waals surface area contributed by atoms with Gasteiger partial charge < -0.3 is 20.3 Å². The van der Waals surface area contributed by atoms with E-state index >= 15 is 0 Å². The van der Waals surface area contributed by atoms with Gasteiger partial charge in [0.25, 0.3) is 5.91 Å². The monoisotopic (exact) mass is 405 g/mol. The van der Waals surface area contributed by atoms with Gasteiger partial charge in [-0.1, -0.05) is 0 Å². The molecule has 2 fully saturated rings. The summed E-state index contributed by atoms with van der Waals surface area (Å²) in [4.78, 5) is 49.3.